The zero-order valence-corrected chi connectivity index (χ0v) is 16.8. The number of benzene rings is 3. The molecular weight excluding hydrogens is 412 g/mol. The summed E-state index contributed by atoms with van der Waals surface area (Å²) in [4.78, 5) is 48.2. The van der Waals surface area contributed by atoms with Crippen molar-refractivity contribution in [1.82, 2.24) is 10.6 Å². The Morgan fingerprint density at radius 3 is 1.12 bits per heavy atom. The van der Waals surface area contributed by atoms with Gasteiger partial charge in [-0.2, -0.15) is 0 Å². The van der Waals surface area contributed by atoms with Crippen molar-refractivity contribution < 1.29 is 29.4 Å². The molecule has 162 valence electrons. The van der Waals surface area contributed by atoms with Crippen LogP contribution in [0.1, 0.15) is 43.9 Å². The van der Waals surface area contributed by atoms with Crippen molar-refractivity contribution in [1.29, 1.82) is 0 Å². The number of nitrogens with one attached hydrogen (secondary N) is 2. The molecule has 8 heteroatoms. The molecule has 0 heterocycles. The third-order valence-corrected chi connectivity index (χ3v) is 4.72. The van der Waals surface area contributed by atoms with Gasteiger partial charge in [0.05, 0.1) is 0 Å². The van der Waals surface area contributed by atoms with E-state index in [4.69, 9.17) is 0 Å². The van der Waals surface area contributed by atoms with E-state index in [0.29, 0.717) is 11.1 Å². The van der Waals surface area contributed by atoms with Crippen LogP contribution in [0.3, 0.4) is 0 Å². The molecule has 0 saturated carbocycles. The van der Waals surface area contributed by atoms with Gasteiger partial charge in [-0.1, -0.05) is 60.7 Å². The molecule has 0 saturated heterocycles. The molecule has 8 nitrogen and oxygen atoms in total. The van der Waals surface area contributed by atoms with Crippen LogP contribution < -0.4 is 10.6 Å². The molecule has 0 radical (unpaired) electrons. The predicted octanol–water partition coefficient (Wildman–Crippen LogP) is 2.80. The zero-order chi connectivity index (χ0) is 23.1. The normalized spacial score (nSPS) is 12.2. The van der Waals surface area contributed by atoms with Gasteiger partial charge in [0.15, 0.2) is 12.1 Å². The van der Waals surface area contributed by atoms with Crippen LogP contribution in [0.5, 0.6) is 0 Å². The molecule has 0 aromatic heterocycles. The topological polar surface area (TPSA) is 133 Å². The largest absolute Gasteiger partial charge is 0.479 e. The number of aliphatic carboxylic acids is 2. The predicted molar refractivity (Wildman–Crippen MR) is 115 cm³/mol. The van der Waals surface area contributed by atoms with E-state index in [9.17, 15) is 29.4 Å². The highest BCUT2D eigenvalue weighted by atomic mass is 16.4. The van der Waals surface area contributed by atoms with Crippen LogP contribution in [0.15, 0.2) is 84.9 Å². The van der Waals surface area contributed by atoms with Gasteiger partial charge >= 0.3 is 11.9 Å². The van der Waals surface area contributed by atoms with Crippen LogP contribution in [0.25, 0.3) is 0 Å². The fourth-order valence-electron chi connectivity index (χ4n) is 3.07. The average molecular weight is 432 g/mol. The summed E-state index contributed by atoms with van der Waals surface area (Å²) in [5.74, 6) is -3.66. The van der Waals surface area contributed by atoms with Gasteiger partial charge in [0.1, 0.15) is 0 Å². The van der Waals surface area contributed by atoms with E-state index in [1.807, 2.05) is 0 Å². The SMILES string of the molecule is O=C(NC(C(=O)O)c1ccccc1)c1ccc(C(=O)NC(C(=O)O)c2ccccc2)cc1. The standard InChI is InChI=1S/C24H20N2O6/c27-21(25-19(23(29)30)15-7-3-1-4-8-15)17-11-13-18(14-12-17)22(28)26-20(24(31)32)16-9-5-2-6-10-16/h1-14,19-20H,(H,25,27)(H,26,28)(H,29,30)(H,31,32). The highest BCUT2D eigenvalue weighted by molar-refractivity contribution is 6.00. The molecule has 4 N–H and O–H groups in total. The highest BCUT2D eigenvalue weighted by Gasteiger charge is 2.24. The summed E-state index contributed by atoms with van der Waals surface area (Å²) in [5.41, 5.74) is 1.15. The van der Waals surface area contributed by atoms with Gasteiger partial charge in [-0.15, -0.1) is 0 Å². The monoisotopic (exact) mass is 432 g/mol. The minimum Gasteiger partial charge on any atom is -0.479 e. The van der Waals surface area contributed by atoms with Gasteiger partial charge in [0.2, 0.25) is 0 Å². The molecule has 2 amide bonds. The molecule has 3 aromatic rings. The Kier molecular flexibility index (Phi) is 6.97. The van der Waals surface area contributed by atoms with Crippen molar-refractivity contribution in [3.8, 4) is 0 Å². The van der Waals surface area contributed by atoms with Gasteiger partial charge in [0, 0.05) is 11.1 Å². The second-order valence-corrected chi connectivity index (χ2v) is 6.89. The first-order valence-electron chi connectivity index (χ1n) is 9.64. The van der Waals surface area contributed by atoms with Crippen molar-refractivity contribution in [2.24, 2.45) is 0 Å². The van der Waals surface area contributed by atoms with Crippen LogP contribution in [-0.2, 0) is 9.59 Å². The van der Waals surface area contributed by atoms with Gasteiger partial charge in [-0.25, -0.2) is 9.59 Å². The summed E-state index contributed by atoms with van der Waals surface area (Å²) in [6.45, 7) is 0. The van der Waals surface area contributed by atoms with Gasteiger partial charge in [-0.05, 0) is 35.4 Å². The van der Waals surface area contributed by atoms with Crippen molar-refractivity contribution in [3.63, 3.8) is 0 Å². The lowest BCUT2D eigenvalue weighted by Crippen LogP contribution is -2.34. The molecule has 32 heavy (non-hydrogen) atoms. The summed E-state index contributed by atoms with van der Waals surface area (Å²) < 4.78 is 0. The molecular formula is C24H20N2O6. The fourth-order valence-corrected chi connectivity index (χ4v) is 3.07. The summed E-state index contributed by atoms with van der Waals surface area (Å²) in [6, 6.07) is 19.6. The maximum absolute atomic E-state index is 12.5. The zero-order valence-electron chi connectivity index (χ0n) is 16.8. The Bertz CT molecular complexity index is 1020. The third-order valence-electron chi connectivity index (χ3n) is 4.72. The maximum Gasteiger partial charge on any atom is 0.330 e. The Morgan fingerprint density at radius 2 is 0.844 bits per heavy atom. The summed E-state index contributed by atoms with van der Waals surface area (Å²) in [7, 11) is 0. The first kappa shape index (κ1) is 22.2. The van der Waals surface area contributed by atoms with E-state index in [1.54, 1.807) is 60.7 Å². The van der Waals surface area contributed by atoms with Gasteiger partial charge < -0.3 is 20.8 Å². The second-order valence-electron chi connectivity index (χ2n) is 6.89. The van der Waals surface area contributed by atoms with E-state index in [1.165, 1.54) is 24.3 Å². The first-order valence-corrected chi connectivity index (χ1v) is 9.64. The number of hydrogen-bond donors (Lipinski definition) is 4. The number of carbonyl (C=O) groups excluding carboxylic acids is 2. The smallest absolute Gasteiger partial charge is 0.330 e. The van der Waals surface area contributed by atoms with E-state index >= 15 is 0 Å². The summed E-state index contributed by atoms with van der Waals surface area (Å²) in [6.07, 6.45) is 0. The van der Waals surface area contributed by atoms with Crippen LogP contribution in [0, 0.1) is 0 Å². The van der Waals surface area contributed by atoms with Crippen LogP contribution in [0.2, 0.25) is 0 Å². The highest BCUT2D eigenvalue weighted by Crippen LogP contribution is 2.16. The molecule has 2 unspecified atom stereocenters. The van der Waals surface area contributed by atoms with E-state index < -0.39 is 35.8 Å². The van der Waals surface area contributed by atoms with E-state index in [-0.39, 0.29) is 11.1 Å². The van der Waals surface area contributed by atoms with Gasteiger partial charge in [0.25, 0.3) is 11.8 Å². The molecule has 0 spiro atoms. The number of amides is 2. The molecule has 2 atom stereocenters. The average Bonchev–Trinajstić information content (AvgIpc) is 2.81. The molecule has 0 aliphatic rings. The Hall–Kier alpha value is -4.46. The lowest BCUT2D eigenvalue weighted by atomic mass is 10.0. The second kappa shape index (κ2) is 10.0. The van der Waals surface area contributed by atoms with Gasteiger partial charge in [-0.3, -0.25) is 9.59 Å². The van der Waals surface area contributed by atoms with E-state index in [2.05, 4.69) is 10.6 Å². The van der Waals surface area contributed by atoms with Crippen molar-refractivity contribution in [3.05, 3.63) is 107 Å². The number of carboxylic acids is 2. The minimum atomic E-state index is -1.23. The number of rotatable bonds is 8. The van der Waals surface area contributed by atoms with E-state index in [0.717, 1.165) is 0 Å². The Balaban J connectivity index is 1.71. The molecule has 3 rings (SSSR count). The molecule has 0 aliphatic heterocycles. The maximum atomic E-state index is 12.5. The van der Waals surface area contributed by atoms with Crippen LogP contribution in [0.4, 0.5) is 0 Å². The minimum absolute atomic E-state index is 0.154. The number of carbonyl (C=O) groups is 4. The lowest BCUT2D eigenvalue weighted by Gasteiger charge is -2.16. The lowest BCUT2D eigenvalue weighted by molar-refractivity contribution is -0.140. The van der Waals surface area contributed by atoms with Crippen molar-refractivity contribution in [2.45, 2.75) is 12.1 Å². The van der Waals surface area contributed by atoms with Crippen molar-refractivity contribution >= 4 is 23.8 Å². The van der Waals surface area contributed by atoms with Crippen LogP contribution in [-0.4, -0.2) is 34.0 Å². The van der Waals surface area contributed by atoms with Crippen molar-refractivity contribution in [2.75, 3.05) is 0 Å². The third kappa shape index (κ3) is 5.37. The fraction of sp³-hybridized carbons (Fsp3) is 0.0833. The number of hydrogen-bond acceptors (Lipinski definition) is 4. The molecule has 0 bridgehead atoms. The molecule has 0 fully saturated rings. The van der Waals surface area contributed by atoms with Crippen LogP contribution >= 0.6 is 0 Å². The summed E-state index contributed by atoms with van der Waals surface area (Å²) in [5, 5.41) is 23.8. The first-order chi connectivity index (χ1) is 15.4. The quantitative estimate of drug-likeness (QED) is 0.433. The number of carboxylic acid groups (broad SMARTS) is 2. The molecule has 3 aromatic carbocycles. The Labute approximate surface area is 183 Å². The summed E-state index contributed by atoms with van der Waals surface area (Å²) >= 11 is 0. The Morgan fingerprint density at radius 1 is 0.531 bits per heavy atom. The molecule has 0 aliphatic carbocycles.